The first-order valence-electron chi connectivity index (χ1n) is 22.2. The van der Waals surface area contributed by atoms with Crippen molar-refractivity contribution in [2.24, 2.45) is 0 Å². The summed E-state index contributed by atoms with van der Waals surface area (Å²) >= 11 is 8.18. The number of ether oxygens (including phenoxy) is 1. The molecule has 0 saturated carbocycles. The number of carbonyl (C=O) groups is 4. The molecule has 16 nitrogen and oxygen atoms in total. The van der Waals surface area contributed by atoms with Crippen molar-refractivity contribution < 1.29 is 28.5 Å². The smallest absolute Gasteiger partial charge is 0.317 e. The van der Waals surface area contributed by atoms with Crippen LogP contribution >= 0.6 is 30.5 Å². The zero-order valence-electron chi connectivity index (χ0n) is 37.0. The lowest BCUT2D eigenvalue weighted by Gasteiger charge is -2.43. The Hall–Kier alpha value is -5.35. The van der Waals surface area contributed by atoms with Gasteiger partial charge in [-0.1, -0.05) is 29.8 Å². The van der Waals surface area contributed by atoms with Crippen molar-refractivity contribution in [1.29, 1.82) is 0 Å². The monoisotopic (exact) mass is 942 g/mol. The molecule has 1 unspecified atom stereocenters. The van der Waals surface area contributed by atoms with Crippen LogP contribution in [-0.4, -0.2) is 133 Å². The minimum absolute atomic E-state index is 0.0153. The van der Waals surface area contributed by atoms with Crippen molar-refractivity contribution in [3.05, 3.63) is 83.0 Å². The number of hydrogen-bond acceptors (Lipinski definition) is 13. The van der Waals surface area contributed by atoms with E-state index in [1.165, 1.54) is 6.20 Å². The molecule has 65 heavy (non-hydrogen) atoms. The number of benzene rings is 3. The number of hydrogen-bond donors (Lipinski definition) is 4. The summed E-state index contributed by atoms with van der Waals surface area (Å²) in [7, 11) is -0.916. The third-order valence-corrected chi connectivity index (χ3v) is 15.5. The maximum atomic E-state index is 13.2. The number of imide groups is 1. The van der Waals surface area contributed by atoms with Crippen LogP contribution in [0, 0.1) is 0 Å². The second kappa shape index (κ2) is 20.4. The highest BCUT2D eigenvalue weighted by Crippen LogP contribution is 2.40. The molecule has 4 aliphatic rings. The summed E-state index contributed by atoms with van der Waals surface area (Å²) in [4.78, 5) is 68.8. The second-order valence-corrected chi connectivity index (χ2v) is 21.8. The summed E-state index contributed by atoms with van der Waals surface area (Å²) in [6.07, 6.45) is 5.89. The Bertz CT molecular complexity index is 2480. The van der Waals surface area contributed by atoms with E-state index in [0.717, 1.165) is 73.8 Å². The largest absolute Gasteiger partial charge is 0.494 e. The fraction of sp³-hybridized carbons (Fsp3) is 0.435. The summed E-state index contributed by atoms with van der Waals surface area (Å²) in [5.41, 5.74) is 4.02. The third kappa shape index (κ3) is 10.9. The number of piperazine rings is 1. The van der Waals surface area contributed by atoms with E-state index >= 15 is 0 Å². The first-order chi connectivity index (χ1) is 31.4. The van der Waals surface area contributed by atoms with E-state index in [4.69, 9.17) is 16.3 Å². The number of unbranched alkanes of at least 4 members (excludes halogenated alkanes) is 1. The Morgan fingerprint density at radius 3 is 2.48 bits per heavy atom. The molecule has 5 heterocycles. The van der Waals surface area contributed by atoms with Gasteiger partial charge in [-0.05, 0) is 93.1 Å². The molecule has 344 valence electrons. The van der Waals surface area contributed by atoms with Gasteiger partial charge in [-0.15, -0.1) is 11.8 Å². The summed E-state index contributed by atoms with van der Waals surface area (Å²) in [6, 6.07) is 19.0. The van der Waals surface area contributed by atoms with Crippen LogP contribution in [0.3, 0.4) is 0 Å². The maximum absolute atomic E-state index is 13.2. The number of anilines is 5. The molecule has 3 fully saturated rings. The van der Waals surface area contributed by atoms with Crippen LogP contribution in [0.15, 0.2) is 71.8 Å². The van der Waals surface area contributed by atoms with Crippen molar-refractivity contribution in [2.45, 2.75) is 62.0 Å². The van der Waals surface area contributed by atoms with Gasteiger partial charge in [-0.25, -0.2) is 9.78 Å². The van der Waals surface area contributed by atoms with Gasteiger partial charge in [0.15, 0.2) is 5.82 Å². The molecule has 0 spiro atoms. The molecule has 4 aromatic rings. The number of piperidine rings is 2. The van der Waals surface area contributed by atoms with Crippen LogP contribution < -0.4 is 36.2 Å². The number of carbonyl (C=O) groups excluding carboxylic acids is 4. The highest BCUT2D eigenvalue weighted by molar-refractivity contribution is 7.99. The number of thioether (sulfide) groups is 1. The van der Waals surface area contributed by atoms with Gasteiger partial charge in [0, 0.05) is 92.3 Å². The van der Waals surface area contributed by atoms with Crippen LogP contribution in [0.25, 0.3) is 0 Å². The number of halogens is 1. The summed E-state index contributed by atoms with van der Waals surface area (Å²) in [6.45, 7) is 9.33. The number of urea groups is 1. The molecular formula is C46H56ClN10O6PS. The molecule has 0 bridgehead atoms. The van der Waals surface area contributed by atoms with E-state index in [1.54, 1.807) is 37.1 Å². The molecule has 8 rings (SSSR count). The number of para-hydroxylation sites is 1. The predicted octanol–water partition coefficient (Wildman–Crippen LogP) is 6.50. The molecule has 4 aliphatic heterocycles. The van der Waals surface area contributed by atoms with E-state index in [2.05, 4.69) is 47.1 Å². The van der Waals surface area contributed by atoms with E-state index in [0.29, 0.717) is 83.4 Å². The number of methoxy groups -OCH3 is 1. The van der Waals surface area contributed by atoms with Crippen LogP contribution in [-0.2, 0) is 20.7 Å². The SMILES string of the molecule is COc1cc(N2CCC(N3CCN(C(=O)NCCCCSc4cccc5c4CN(C4CCC(=O)NC4=O)C5=O)CC3)CC2)ccc1Nc1ncc(Cl)c(Nc2ccccc2P(C)(C)=O)n1. The minimum Gasteiger partial charge on any atom is -0.494 e. The van der Waals surface area contributed by atoms with E-state index in [9.17, 15) is 23.7 Å². The minimum atomic E-state index is -2.56. The van der Waals surface area contributed by atoms with Crippen molar-refractivity contribution in [1.82, 2.24) is 35.3 Å². The van der Waals surface area contributed by atoms with Gasteiger partial charge < -0.3 is 40.0 Å². The van der Waals surface area contributed by atoms with Crippen molar-refractivity contribution >= 4 is 88.4 Å². The number of nitrogens with one attached hydrogen (secondary N) is 4. The van der Waals surface area contributed by atoms with Gasteiger partial charge in [0.25, 0.3) is 5.91 Å². The maximum Gasteiger partial charge on any atom is 0.317 e. The number of fused-ring (bicyclic) bond motifs is 1. The summed E-state index contributed by atoms with van der Waals surface area (Å²) < 4.78 is 18.7. The van der Waals surface area contributed by atoms with E-state index in [-0.39, 0.29) is 24.3 Å². The normalized spacial score (nSPS) is 18.4. The number of amides is 5. The van der Waals surface area contributed by atoms with Gasteiger partial charge in [0.05, 0.1) is 24.7 Å². The highest BCUT2D eigenvalue weighted by atomic mass is 35.5. The predicted molar refractivity (Wildman–Crippen MR) is 256 cm³/mol. The van der Waals surface area contributed by atoms with Crippen molar-refractivity contribution in [3.8, 4) is 5.75 Å². The Morgan fingerprint density at radius 1 is 0.938 bits per heavy atom. The molecule has 3 aromatic carbocycles. The van der Waals surface area contributed by atoms with Crippen LogP contribution in [0.4, 0.5) is 33.6 Å². The van der Waals surface area contributed by atoms with Crippen LogP contribution in [0.2, 0.25) is 5.02 Å². The van der Waals surface area contributed by atoms with Gasteiger partial charge >= 0.3 is 6.03 Å². The lowest BCUT2D eigenvalue weighted by molar-refractivity contribution is -0.136. The zero-order valence-corrected chi connectivity index (χ0v) is 39.4. The Kier molecular flexibility index (Phi) is 14.5. The number of nitrogens with zero attached hydrogens (tertiary/aromatic N) is 6. The van der Waals surface area contributed by atoms with E-state index < -0.39 is 19.1 Å². The zero-order chi connectivity index (χ0) is 45.7. The van der Waals surface area contributed by atoms with Crippen molar-refractivity contribution in [2.75, 3.05) is 87.5 Å². The van der Waals surface area contributed by atoms with Gasteiger partial charge in [-0.2, -0.15) is 4.98 Å². The Morgan fingerprint density at radius 2 is 1.72 bits per heavy atom. The second-order valence-electron chi connectivity index (χ2n) is 17.1. The lowest BCUT2D eigenvalue weighted by Crippen LogP contribution is -2.56. The standard InChI is InChI=1S/C46H56ClN10O6PS/c1-63-38-27-31(13-14-35(38)51-45-49-28-34(47)42(53-45)50-36-10-4-5-11-39(36)64(2,3)62)54-20-17-30(18-21-54)55-22-24-56(25-23-55)46(61)48-19-6-7-26-65-40-12-8-9-32-33(40)29-57(44(32)60)37-15-16-41(58)52-43(37)59/h4-5,8-14,27-28,30,37H,6-7,15-26,29H2,1-3H3,(H,48,61)(H,52,58,59)(H2,49,50,51,53). The van der Waals surface area contributed by atoms with Gasteiger partial charge in [0.1, 0.15) is 24.0 Å². The molecule has 5 amide bonds. The molecule has 3 saturated heterocycles. The quantitative estimate of drug-likeness (QED) is 0.0439. The highest BCUT2D eigenvalue weighted by Gasteiger charge is 2.40. The topological polar surface area (TPSA) is 181 Å². The first-order valence-corrected chi connectivity index (χ1v) is 26.1. The Balaban J connectivity index is 0.745. The average Bonchev–Trinajstić information content (AvgIpc) is 3.64. The lowest BCUT2D eigenvalue weighted by atomic mass is 10.0. The fourth-order valence-corrected chi connectivity index (χ4v) is 11.4. The van der Waals surface area contributed by atoms with Gasteiger partial charge in [-0.3, -0.25) is 24.6 Å². The van der Waals surface area contributed by atoms with Crippen molar-refractivity contribution in [3.63, 3.8) is 0 Å². The number of aromatic nitrogens is 2. The molecule has 0 radical (unpaired) electrons. The molecule has 4 N–H and O–H groups in total. The molecule has 1 aromatic heterocycles. The summed E-state index contributed by atoms with van der Waals surface area (Å²) in [5, 5.41) is 13.0. The molecule has 0 aliphatic carbocycles. The van der Waals surface area contributed by atoms with E-state index in [1.807, 2.05) is 59.5 Å². The number of rotatable bonds is 15. The molecule has 19 heteroatoms. The third-order valence-electron chi connectivity index (χ3n) is 12.5. The van der Waals surface area contributed by atoms with Crippen LogP contribution in [0.1, 0.15) is 54.4 Å². The molecule has 1 atom stereocenters. The van der Waals surface area contributed by atoms with Gasteiger partial charge in [0.2, 0.25) is 17.8 Å². The summed E-state index contributed by atoms with van der Waals surface area (Å²) in [5.74, 6) is 1.36. The molecular weight excluding hydrogens is 887 g/mol. The average molecular weight is 944 g/mol. The fourth-order valence-electron chi connectivity index (χ4n) is 8.98. The Labute approximate surface area is 388 Å². The van der Waals surface area contributed by atoms with Crippen LogP contribution in [0.5, 0.6) is 5.75 Å². The first kappa shape index (κ1) is 46.2.